The first-order valence-electron chi connectivity index (χ1n) is 10.7. The number of piperidine rings is 1. The van der Waals surface area contributed by atoms with Crippen LogP contribution in [0.4, 0.5) is 5.82 Å². The molecule has 0 atom stereocenters. The van der Waals surface area contributed by atoms with Gasteiger partial charge in [-0.15, -0.1) is 0 Å². The summed E-state index contributed by atoms with van der Waals surface area (Å²) in [5.74, 6) is 0.680. The van der Waals surface area contributed by atoms with Crippen molar-refractivity contribution in [3.8, 4) is 11.3 Å². The standard InChI is InChI=1S/C24H26N6O/c1-29-11-9-18(10-12-29)24(31)26-23-14-21(27-28-23)19-7-8-20-22(13-19)30(16-25-20)15-17-5-3-2-4-6-17/h2-8,13-14,16,18H,9-12,15H2,1H3,(H2,26,27,28,31). The van der Waals surface area contributed by atoms with Gasteiger partial charge in [0.15, 0.2) is 5.82 Å². The minimum Gasteiger partial charge on any atom is -0.326 e. The third-order valence-corrected chi connectivity index (χ3v) is 6.05. The second-order valence-corrected chi connectivity index (χ2v) is 8.30. The summed E-state index contributed by atoms with van der Waals surface area (Å²) in [7, 11) is 2.09. The Bertz CT molecular complexity index is 1190. The Balaban J connectivity index is 1.33. The molecule has 1 aliphatic heterocycles. The number of hydrogen-bond acceptors (Lipinski definition) is 4. The summed E-state index contributed by atoms with van der Waals surface area (Å²) in [6.45, 7) is 2.68. The number of carbonyl (C=O) groups is 1. The molecule has 2 N–H and O–H groups in total. The SMILES string of the molecule is CN1CCC(C(=O)Nc2cc(-c3ccc4ncn(Cc5ccccc5)c4c3)[nH]n2)CC1. The predicted octanol–water partition coefficient (Wildman–Crippen LogP) is 3.76. The van der Waals surface area contributed by atoms with Crippen LogP contribution < -0.4 is 5.32 Å². The zero-order chi connectivity index (χ0) is 21.2. The summed E-state index contributed by atoms with van der Waals surface area (Å²) in [6.07, 6.45) is 3.66. The van der Waals surface area contributed by atoms with Crippen molar-refractivity contribution in [3.63, 3.8) is 0 Å². The van der Waals surface area contributed by atoms with Crippen LogP contribution in [-0.4, -0.2) is 50.7 Å². The molecule has 1 fully saturated rings. The average molecular weight is 415 g/mol. The highest BCUT2D eigenvalue weighted by Gasteiger charge is 2.24. The molecule has 3 heterocycles. The normalized spacial score (nSPS) is 15.4. The van der Waals surface area contributed by atoms with Crippen LogP contribution in [0, 0.1) is 5.92 Å². The summed E-state index contributed by atoms with van der Waals surface area (Å²) in [4.78, 5) is 19.4. The third kappa shape index (κ3) is 4.22. The topological polar surface area (TPSA) is 78.8 Å². The lowest BCUT2D eigenvalue weighted by Crippen LogP contribution is -2.35. The number of benzene rings is 2. The van der Waals surface area contributed by atoms with Crippen molar-refractivity contribution in [1.82, 2.24) is 24.6 Å². The Kier molecular flexibility index (Phi) is 5.26. The number of imidazole rings is 1. The summed E-state index contributed by atoms with van der Waals surface area (Å²) < 4.78 is 2.15. The van der Waals surface area contributed by atoms with Gasteiger partial charge in [0.25, 0.3) is 0 Å². The number of likely N-dealkylation sites (tertiary alicyclic amines) is 1. The molecule has 0 bridgehead atoms. The number of nitrogens with one attached hydrogen (secondary N) is 2. The molecule has 0 spiro atoms. The van der Waals surface area contributed by atoms with Crippen LogP contribution >= 0.6 is 0 Å². The van der Waals surface area contributed by atoms with E-state index in [1.54, 1.807) is 0 Å². The van der Waals surface area contributed by atoms with Crippen LogP contribution in [0.25, 0.3) is 22.3 Å². The number of aromatic amines is 1. The fraction of sp³-hybridized carbons (Fsp3) is 0.292. The predicted molar refractivity (Wildman–Crippen MR) is 122 cm³/mol. The van der Waals surface area contributed by atoms with Crippen LogP contribution in [0.1, 0.15) is 18.4 Å². The molecule has 4 aromatic rings. The Morgan fingerprint density at radius 1 is 1.13 bits per heavy atom. The average Bonchev–Trinajstić information content (AvgIpc) is 3.42. The second-order valence-electron chi connectivity index (χ2n) is 8.30. The van der Waals surface area contributed by atoms with Crippen LogP contribution in [-0.2, 0) is 11.3 Å². The van der Waals surface area contributed by atoms with E-state index in [9.17, 15) is 4.79 Å². The summed E-state index contributed by atoms with van der Waals surface area (Å²) in [5.41, 5.74) is 5.12. The Morgan fingerprint density at radius 3 is 2.74 bits per heavy atom. The van der Waals surface area contributed by atoms with Gasteiger partial charge >= 0.3 is 0 Å². The van der Waals surface area contributed by atoms with E-state index in [4.69, 9.17) is 0 Å². The molecular formula is C24H26N6O. The summed E-state index contributed by atoms with van der Waals surface area (Å²) in [5, 5.41) is 10.3. The van der Waals surface area contributed by atoms with Gasteiger partial charge in [-0.25, -0.2) is 4.98 Å². The van der Waals surface area contributed by atoms with E-state index in [2.05, 4.69) is 55.2 Å². The monoisotopic (exact) mass is 414 g/mol. The van der Waals surface area contributed by atoms with E-state index in [-0.39, 0.29) is 11.8 Å². The molecule has 5 rings (SSSR count). The Morgan fingerprint density at radius 2 is 1.94 bits per heavy atom. The van der Waals surface area contributed by atoms with Crippen molar-refractivity contribution in [1.29, 1.82) is 0 Å². The molecule has 0 saturated carbocycles. The number of hydrogen-bond donors (Lipinski definition) is 2. The van der Waals surface area contributed by atoms with Crippen molar-refractivity contribution in [2.24, 2.45) is 5.92 Å². The first-order valence-corrected chi connectivity index (χ1v) is 10.7. The van der Waals surface area contributed by atoms with Crippen molar-refractivity contribution in [3.05, 3.63) is 66.5 Å². The van der Waals surface area contributed by atoms with E-state index in [1.165, 1.54) is 5.56 Å². The Labute approximate surface area is 181 Å². The molecule has 0 radical (unpaired) electrons. The van der Waals surface area contributed by atoms with E-state index in [1.807, 2.05) is 42.7 Å². The van der Waals surface area contributed by atoms with Crippen LogP contribution in [0.5, 0.6) is 0 Å². The van der Waals surface area contributed by atoms with E-state index in [0.717, 1.165) is 54.8 Å². The molecule has 31 heavy (non-hydrogen) atoms. The maximum absolute atomic E-state index is 12.6. The maximum atomic E-state index is 12.6. The van der Waals surface area contributed by atoms with Gasteiger partial charge in [-0.05, 0) is 50.7 Å². The van der Waals surface area contributed by atoms with Crippen LogP contribution in [0.2, 0.25) is 0 Å². The minimum atomic E-state index is 0.0556. The van der Waals surface area contributed by atoms with Gasteiger partial charge < -0.3 is 14.8 Å². The van der Waals surface area contributed by atoms with Crippen molar-refractivity contribution in [2.75, 3.05) is 25.5 Å². The maximum Gasteiger partial charge on any atom is 0.228 e. The first-order chi connectivity index (χ1) is 15.2. The van der Waals surface area contributed by atoms with E-state index in [0.29, 0.717) is 5.82 Å². The van der Waals surface area contributed by atoms with Crippen molar-refractivity contribution >= 4 is 22.8 Å². The molecule has 0 aliphatic carbocycles. The van der Waals surface area contributed by atoms with E-state index >= 15 is 0 Å². The van der Waals surface area contributed by atoms with Gasteiger partial charge in [0.1, 0.15) is 0 Å². The zero-order valence-corrected chi connectivity index (χ0v) is 17.6. The number of nitrogens with zero attached hydrogens (tertiary/aromatic N) is 4. The lowest BCUT2D eigenvalue weighted by atomic mass is 9.96. The number of carbonyl (C=O) groups excluding carboxylic acids is 1. The number of fused-ring (bicyclic) bond motifs is 1. The largest absolute Gasteiger partial charge is 0.326 e. The second kappa shape index (κ2) is 8.35. The number of aromatic nitrogens is 4. The molecule has 158 valence electrons. The molecule has 2 aromatic carbocycles. The van der Waals surface area contributed by atoms with Crippen molar-refractivity contribution < 1.29 is 4.79 Å². The van der Waals surface area contributed by atoms with Crippen LogP contribution in [0.15, 0.2) is 60.9 Å². The van der Waals surface area contributed by atoms with Gasteiger partial charge in [-0.3, -0.25) is 9.89 Å². The van der Waals surface area contributed by atoms with Gasteiger partial charge in [-0.1, -0.05) is 36.4 Å². The molecule has 1 aliphatic rings. The lowest BCUT2D eigenvalue weighted by Gasteiger charge is -2.27. The lowest BCUT2D eigenvalue weighted by molar-refractivity contribution is -0.121. The fourth-order valence-electron chi connectivity index (χ4n) is 4.16. The molecule has 7 heteroatoms. The number of rotatable bonds is 5. The zero-order valence-electron chi connectivity index (χ0n) is 17.6. The quantitative estimate of drug-likeness (QED) is 0.521. The molecule has 7 nitrogen and oxygen atoms in total. The van der Waals surface area contributed by atoms with Crippen molar-refractivity contribution in [2.45, 2.75) is 19.4 Å². The highest BCUT2D eigenvalue weighted by Crippen LogP contribution is 2.25. The van der Waals surface area contributed by atoms with Crippen LogP contribution in [0.3, 0.4) is 0 Å². The third-order valence-electron chi connectivity index (χ3n) is 6.05. The molecule has 1 saturated heterocycles. The minimum absolute atomic E-state index is 0.0556. The first kappa shape index (κ1) is 19.5. The van der Waals surface area contributed by atoms with E-state index < -0.39 is 0 Å². The Hall–Kier alpha value is -3.45. The summed E-state index contributed by atoms with van der Waals surface area (Å²) >= 11 is 0. The number of anilines is 1. The molecule has 0 unspecified atom stereocenters. The fourth-order valence-corrected chi connectivity index (χ4v) is 4.16. The number of amides is 1. The highest BCUT2D eigenvalue weighted by molar-refractivity contribution is 5.92. The smallest absolute Gasteiger partial charge is 0.228 e. The van der Waals surface area contributed by atoms with Gasteiger partial charge in [0.05, 0.1) is 23.1 Å². The summed E-state index contributed by atoms with van der Waals surface area (Å²) in [6, 6.07) is 18.4. The van der Waals surface area contributed by atoms with Gasteiger partial charge in [0.2, 0.25) is 5.91 Å². The molecule has 2 aromatic heterocycles. The number of H-pyrrole nitrogens is 1. The van der Waals surface area contributed by atoms with Gasteiger partial charge in [-0.2, -0.15) is 5.10 Å². The highest BCUT2D eigenvalue weighted by atomic mass is 16.2. The molecule has 1 amide bonds. The van der Waals surface area contributed by atoms with Gasteiger partial charge in [0, 0.05) is 24.1 Å². The molecular weight excluding hydrogens is 388 g/mol.